The SMILES string of the molecule is Cc1cnn(CCCNC(=S)Nc2ccn(Cc3ccccc3Cl)n2)c1. The van der Waals surface area contributed by atoms with Crippen molar-refractivity contribution in [1.82, 2.24) is 24.9 Å². The van der Waals surface area contributed by atoms with E-state index in [1.165, 1.54) is 5.56 Å². The number of hydrogen-bond acceptors (Lipinski definition) is 3. The normalized spacial score (nSPS) is 10.7. The fourth-order valence-electron chi connectivity index (χ4n) is 2.51. The highest BCUT2D eigenvalue weighted by atomic mass is 35.5. The first kappa shape index (κ1) is 18.4. The number of aryl methyl sites for hydroxylation is 2. The number of nitrogens with one attached hydrogen (secondary N) is 2. The largest absolute Gasteiger partial charge is 0.362 e. The van der Waals surface area contributed by atoms with E-state index in [0.29, 0.717) is 17.5 Å². The molecule has 3 rings (SSSR count). The van der Waals surface area contributed by atoms with Crippen molar-refractivity contribution in [2.75, 3.05) is 11.9 Å². The Balaban J connectivity index is 1.42. The molecule has 3 aromatic rings. The summed E-state index contributed by atoms with van der Waals surface area (Å²) in [4.78, 5) is 0. The molecule has 136 valence electrons. The number of rotatable bonds is 7. The molecule has 0 saturated carbocycles. The Morgan fingerprint density at radius 3 is 2.85 bits per heavy atom. The zero-order valence-corrected chi connectivity index (χ0v) is 16.1. The first-order valence-electron chi connectivity index (χ1n) is 8.41. The Bertz CT molecular complexity index is 872. The molecule has 2 N–H and O–H groups in total. The lowest BCUT2D eigenvalue weighted by Crippen LogP contribution is -2.30. The maximum absolute atomic E-state index is 6.19. The van der Waals surface area contributed by atoms with Crippen molar-refractivity contribution in [3.05, 3.63) is 65.1 Å². The van der Waals surface area contributed by atoms with Gasteiger partial charge in [0.1, 0.15) is 0 Å². The monoisotopic (exact) mass is 388 g/mol. The minimum Gasteiger partial charge on any atom is -0.362 e. The van der Waals surface area contributed by atoms with E-state index in [1.807, 2.05) is 65.2 Å². The number of anilines is 1. The minimum atomic E-state index is 0.560. The third kappa shape index (κ3) is 5.31. The van der Waals surface area contributed by atoms with Crippen molar-refractivity contribution in [3.8, 4) is 0 Å². The van der Waals surface area contributed by atoms with E-state index in [0.717, 1.165) is 30.1 Å². The van der Waals surface area contributed by atoms with Gasteiger partial charge in [0.15, 0.2) is 10.9 Å². The van der Waals surface area contributed by atoms with Gasteiger partial charge in [-0.05, 0) is 42.8 Å². The van der Waals surface area contributed by atoms with Gasteiger partial charge in [0.2, 0.25) is 0 Å². The molecule has 0 spiro atoms. The maximum Gasteiger partial charge on any atom is 0.171 e. The number of nitrogens with zero attached hydrogens (tertiary/aromatic N) is 4. The first-order chi connectivity index (χ1) is 12.6. The molecule has 0 bridgehead atoms. The van der Waals surface area contributed by atoms with Crippen LogP contribution in [0.2, 0.25) is 5.02 Å². The Morgan fingerprint density at radius 2 is 2.08 bits per heavy atom. The number of hydrogen-bond donors (Lipinski definition) is 2. The smallest absolute Gasteiger partial charge is 0.171 e. The van der Waals surface area contributed by atoms with E-state index in [-0.39, 0.29) is 0 Å². The molecule has 0 atom stereocenters. The van der Waals surface area contributed by atoms with Crippen LogP contribution in [0.1, 0.15) is 17.5 Å². The van der Waals surface area contributed by atoms with Gasteiger partial charge in [-0.25, -0.2) is 0 Å². The van der Waals surface area contributed by atoms with Gasteiger partial charge >= 0.3 is 0 Å². The van der Waals surface area contributed by atoms with E-state index >= 15 is 0 Å². The molecule has 1 aromatic carbocycles. The van der Waals surface area contributed by atoms with E-state index in [2.05, 4.69) is 20.8 Å². The van der Waals surface area contributed by atoms with Crippen molar-refractivity contribution in [3.63, 3.8) is 0 Å². The molecule has 0 aliphatic rings. The summed E-state index contributed by atoms with van der Waals surface area (Å²) in [6.07, 6.45) is 6.72. The Morgan fingerprint density at radius 1 is 1.23 bits per heavy atom. The van der Waals surface area contributed by atoms with Gasteiger partial charge in [-0.15, -0.1) is 0 Å². The van der Waals surface area contributed by atoms with Gasteiger partial charge in [-0.3, -0.25) is 9.36 Å². The van der Waals surface area contributed by atoms with E-state index in [1.54, 1.807) is 0 Å². The number of benzene rings is 1. The average molecular weight is 389 g/mol. The second-order valence-corrected chi connectivity index (χ2v) is 6.82. The second-order valence-electron chi connectivity index (χ2n) is 6.01. The fraction of sp³-hybridized carbons (Fsp3) is 0.278. The number of halogens is 1. The van der Waals surface area contributed by atoms with Gasteiger partial charge in [-0.1, -0.05) is 29.8 Å². The minimum absolute atomic E-state index is 0.560. The fourth-order valence-corrected chi connectivity index (χ4v) is 2.91. The predicted molar refractivity (Wildman–Crippen MR) is 109 cm³/mol. The highest BCUT2D eigenvalue weighted by Crippen LogP contribution is 2.16. The molecule has 0 aliphatic heterocycles. The second kappa shape index (κ2) is 8.82. The first-order valence-corrected chi connectivity index (χ1v) is 9.19. The van der Waals surface area contributed by atoms with Gasteiger partial charge in [-0.2, -0.15) is 10.2 Å². The van der Waals surface area contributed by atoms with E-state index in [9.17, 15) is 0 Å². The Kier molecular flexibility index (Phi) is 6.25. The highest BCUT2D eigenvalue weighted by molar-refractivity contribution is 7.80. The molecule has 0 unspecified atom stereocenters. The summed E-state index contributed by atoms with van der Waals surface area (Å²) in [6, 6.07) is 9.64. The molecule has 0 saturated heterocycles. The maximum atomic E-state index is 6.19. The molecule has 2 aromatic heterocycles. The molecular formula is C18H21ClN6S. The summed E-state index contributed by atoms with van der Waals surface area (Å²) in [6.45, 7) is 4.28. The Labute approximate surface area is 163 Å². The molecule has 0 fully saturated rings. The third-order valence-corrected chi connectivity index (χ3v) is 4.40. The number of aromatic nitrogens is 4. The summed E-state index contributed by atoms with van der Waals surface area (Å²) in [5.74, 6) is 0.706. The van der Waals surface area contributed by atoms with Crippen LogP contribution < -0.4 is 10.6 Å². The summed E-state index contributed by atoms with van der Waals surface area (Å²) in [5, 5.41) is 16.3. The van der Waals surface area contributed by atoms with Crippen molar-refractivity contribution >= 4 is 34.7 Å². The lowest BCUT2D eigenvalue weighted by Gasteiger charge is -2.09. The molecule has 6 nitrogen and oxygen atoms in total. The van der Waals surface area contributed by atoms with Gasteiger partial charge in [0.05, 0.1) is 12.7 Å². The van der Waals surface area contributed by atoms with Crippen LogP contribution in [-0.2, 0) is 13.1 Å². The van der Waals surface area contributed by atoms with Crippen LogP contribution >= 0.6 is 23.8 Å². The average Bonchev–Trinajstić information content (AvgIpc) is 3.23. The molecule has 26 heavy (non-hydrogen) atoms. The summed E-state index contributed by atoms with van der Waals surface area (Å²) in [5.41, 5.74) is 2.20. The summed E-state index contributed by atoms with van der Waals surface area (Å²) < 4.78 is 3.76. The lowest BCUT2D eigenvalue weighted by molar-refractivity contribution is 0.573. The summed E-state index contributed by atoms with van der Waals surface area (Å²) in [7, 11) is 0. The van der Waals surface area contributed by atoms with Crippen LogP contribution in [0.4, 0.5) is 5.82 Å². The van der Waals surface area contributed by atoms with Crippen molar-refractivity contribution in [2.45, 2.75) is 26.4 Å². The molecule has 0 aliphatic carbocycles. The summed E-state index contributed by atoms with van der Waals surface area (Å²) >= 11 is 11.5. The number of thiocarbonyl (C=S) groups is 1. The molecule has 0 radical (unpaired) electrons. The predicted octanol–water partition coefficient (Wildman–Crippen LogP) is 3.47. The van der Waals surface area contributed by atoms with E-state index in [4.69, 9.17) is 23.8 Å². The molecule has 8 heteroatoms. The molecule has 0 amide bonds. The van der Waals surface area contributed by atoms with Crippen LogP contribution in [0.15, 0.2) is 48.9 Å². The van der Waals surface area contributed by atoms with Crippen molar-refractivity contribution in [1.29, 1.82) is 0 Å². The van der Waals surface area contributed by atoms with E-state index < -0.39 is 0 Å². The van der Waals surface area contributed by atoms with Crippen LogP contribution in [0.5, 0.6) is 0 Å². The Hall–Kier alpha value is -2.38. The van der Waals surface area contributed by atoms with Crippen molar-refractivity contribution < 1.29 is 0 Å². The lowest BCUT2D eigenvalue weighted by atomic mass is 10.2. The van der Waals surface area contributed by atoms with Crippen LogP contribution in [-0.4, -0.2) is 31.2 Å². The van der Waals surface area contributed by atoms with Crippen LogP contribution in [0, 0.1) is 6.92 Å². The van der Waals surface area contributed by atoms with Crippen LogP contribution in [0.3, 0.4) is 0 Å². The standard InChI is InChI=1S/C18H21ClN6S/c1-14-11-21-24(12-14)9-4-8-20-18(26)22-17-7-10-25(23-17)13-15-5-2-3-6-16(15)19/h2-3,5-7,10-12H,4,8-9,13H2,1H3,(H2,20,22,23,26). The zero-order valence-electron chi connectivity index (χ0n) is 14.5. The quantitative estimate of drug-likeness (QED) is 0.479. The van der Waals surface area contributed by atoms with Crippen molar-refractivity contribution in [2.24, 2.45) is 0 Å². The van der Waals surface area contributed by atoms with Gasteiger partial charge in [0.25, 0.3) is 0 Å². The molecule has 2 heterocycles. The van der Waals surface area contributed by atoms with Gasteiger partial charge < -0.3 is 10.6 Å². The molecular weight excluding hydrogens is 368 g/mol. The van der Waals surface area contributed by atoms with Gasteiger partial charge in [0, 0.05) is 36.6 Å². The highest BCUT2D eigenvalue weighted by Gasteiger charge is 2.04. The van der Waals surface area contributed by atoms with Crippen LogP contribution in [0.25, 0.3) is 0 Å². The topological polar surface area (TPSA) is 59.7 Å². The zero-order chi connectivity index (χ0) is 18.4. The third-order valence-electron chi connectivity index (χ3n) is 3.78.